The molecule has 0 aliphatic heterocycles. The fraction of sp³-hybridized carbons (Fsp3) is 0.308. The maximum absolute atomic E-state index is 13.1. The quantitative estimate of drug-likeness (QED) is 0.924. The normalized spacial score (nSPS) is 11.0. The molecule has 2 rings (SSSR count). The second-order valence-corrected chi connectivity index (χ2v) is 4.63. The Bertz CT molecular complexity index is 635. The minimum Gasteiger partial charge on any atom is -0.476 e. The summed E-state index contributed by atoms with van der Waals surface area (Å²) in [5.74, 6) is -1.52. The summed E-state index contributed by atoms with van der Waals surface area (Å²) in [4.78, 5) is 11.1. The second-order valence-electron chi connectivity index (χ2n) is 4.63. The van der Waals surface area contributed by atoms with E-state index in [1.807, 2.05) is 13.8 Å². The van der Waals surface area contributed by atoms with Crippen LogP contribution in [0.25, 0.3) is 5.69 Å². The van der Waals surface area contributed by atoms with Gasteiger partial charge >= 0.3 is 5.97 Å². The summed E-state index contributed by atoms with van der Waals surface area (Å²) >= 11 is 0. The summed E-state index contributed by atoms with van der Waals surface area (Å²) in [5.41, 5.74) is 1.73. The van der Waals surface area contributed by atoms with Crippen molar-refractivity contribution < 1.29 is 14.3 Å². The summed E-state index contributed by atoms with van der Waals surface area (Å²) in [6.07, 6.45) is 0. The standard InChI is InChI=1S/C13H14FN3O2/c1-7(2)12-11(13(18)19)15-16-17(12)10-5-4-9(14)6-8(10)3/h4-7H,1-3H3,(H,18,19). The molecule has 0 spiro atoms. The number of carboxylic acids is 1. The van der Waals surface area contributed by atoms with Gasteiger partial charge in [0.25, 0.3) is 0 Å². The number of hydrogen-bond acceptors (Lipinski definition) is 3. The highest BCUT2D eigenvalue weighted by Gasteiger charge is 2.22. The number of halogens is 1. The fourth-order valence-electron chi connectivity index (χ4n) is 1.99. The molecule has 1 heterocycles. The van der Waals surface area contributed by atoms with Crippen LogP contribution in [0.15, 0.2) is 18.2 Å². The number of aromatic carboxylic acids is 1. The monoisotopic (exact) mass is 263 g/mol. The topological polar surface area (TPSA) is 68.0 Å². The lowest BCUT2D eigenvalue weighted by Crippen LogP contribution is -2.09. The first-order valence-corrected chi connectivity index (χ1v) is 5.87. The summed E-state index contributed by atoms with van der Waals surface area (Å²) in [6.45, 7) is 5.46. The smallest absolute Gasteiger partial charge is 0.358 e. The van der Waals surface area contributed by atoms with E-state index >= 15 is 0 Å². The molecule has 1 aromatic carbocycles. The molecule has 0 atom stereocenters. The highest BCUT2D eigenvalue weighted by atomic mass is 19.1. The zero-order valence-electron chi connectivity index (χ0n) is 10.9. The van der Waals surface area contributed by atoms with Gasteiger partial charge in [0.1, 0.15) is 5.82 Å². The lowest BCUT2D eigenvalue weighted by Gasteiger charge is -2.12. The van der Waals surface area contributed by atoms with Gasteiger partial charge in [-0.25, -0.2) is 13.9 Å². The van der Waals surface area contributed by atoms with Crippen LogP contribution in [0.1, 0.15) is 41.5 Å². The first kappa shape index (κ1) is 13.2. The molecule has 1 aromatic heterocycles. The van der Waals surface area contributed by atoms with Gasteiger partial charge in [-0.1, -0.05) is 19.1 Å². The molecule has 0 saturated heterocycles. The van der Waals surface area contributed by atoms with Gasteiger partial charge in [-0.3, -0.25) is 0 Å². The zero-order chi connectivity index (χ0) is 14.2. The summed E-state index contributed by atoms with van der Waals surface area (Å²) in [5, 5.41) is 16.7. The van der Waals surface area contributed by atoms with Gasteiger partial charge in [0.05, 0.1) is 11.4 Å². The van der Waals surface area contributed by atoms with Crippen molar-refractivity contribution in [3.05, 3.63) is 41.0 Å². The van der Waals surface area contributed by atoms with Crippen molar-refractivity contribution in [1.29, 1.82) is 0 Å². The highest BCUT2D eigenvalue weighted by molar-refractivity contribution is 5.86. The van der Waals surface area contributed by atoms with E-state index in [4.69, 9.17) is 5.11 Å². The Hall–Kier alpha value is -2.24. The van der Waals surface area contributed by atoms with E-state index in [2.05, 4.69) is 10.3 Å². The largest absolute Gasteiger partial charge is 0.476 e. The van der Waals surface area contributed by atoms with Crippen molar-refractivity contribution in [1.82, 2.24) is 15.0 Å². The lowest BCUT2D eigenvalue weighted by atomic mass is 10.1. The van der Waals surface area contributed by atoms with Crippen molar-refractivity contribution in [3.8, 4) is 5.69 Å². The van der Waals surface area contributed by atoms with Gasteiger partial charge in [0.15, 0.2) is 5.69 Å². The van der Waals surface area contributed by atoms with E-state index in [1.54, 1.807) is 13.0 Å². The van der Waals surface area contributed by atoms with Crippen molar-refractivity contribution >= 4 is 5.97 Å². The van der Waals surface area contributed by atoms with Crippen LogP contribution in [-0.2, 0) is 0 Å². The molecule has 2 aromatic rings. The molecule has 0 bridgehead atoms. The molecule has 6 heteroatoms. The highest BCUT2D eigenvalue weighted by Crippen LogP contribution is 2.23. The number of hydrogen-bond donors (Lipinski definition) is 1. The molecule has 0 saturated carbocycles. The molecule has 0 amide bonds. The summed E-state index contributed by atoms with van der Waals surface area (Å²) < 4.78 is 14.6. The summed E-state index contributed by atoms with van der Waals surface area (Å²) in [7, 11) is 0. The average molecular weight is 263 g/mol. The SMILES string of the molecule is Cc1cc(F)ccc1-n1nnc(C(=O)O)c1C(C)C. The maximum Gasteiger partial charge on any atom is 0.358 e. The Morgan fingerprint density at radius 3 is 2.63 bits per heavy atom. The van der Waals surface area contributed by atoms with Gasteiger partial charge < -0.3 is 5.11 Å². The molecular weight excluding hydrogens is 249 g/mol. The van der Waals surface area contributed by atoms with Gasteiger partial charge in [0, 0.05) is 0 Å². The Morgan fingerprint density at radius 2 is 2.11 bits per heavy atom. The third kappa shape index (κ3) is 2.33. The number of carboxylic acid groups (broad SMARTS) is 1. The van der Waals surface area contributed by atoms with E-state index in [0.29, 0.717) is 16.9 Å². The van der Waals surface area contributed by atoms with Crippen LogP contribution < -0.4 is 0 Å². The van der Waals surface area contributed by atoms with E-state index < -0.39 is 5.97 Å². The fourth-order valence-corrected chi connectivity index (χ4v) is 1.99. The molecule has 0 aliphatic rings. The van der Waals surface area contributed by atoms with Crippen molar-refractivity contribution in [3.63, 3.8) is 0 Å². The van der Waals surface area contributed by atoms with Gasteiger partial charge in [-0.2, -0.15) is 0 Å². The van der Waals surface area contributed by atoms with E-state index in [0.717, 1.165) is 0 Å². The molecule has 100 valence electrons. The predicted octanol–water partition coefficient (Wildman–Crippen LogP) is 2.54. The molecular formula is C13H14FN3O2. The van der Waals surface area contributed by atoms with Gasteiger partial charge in [0.2, 0.25) is 0 Å². The zero-order valence-corrected chi connectivity index (χ0v) is 10.9. The van der Waals surface area contributed by atoms with Crippen LogP contribution in [0.5, 0.6) is 0 Å². The molecule has 1 N–H and O–H groups in total. The van der Waals surface area contributed by atoms with Crippen molar-refractivity contribution in [2.75, 3.05) is 0 Å². The first-order valence-electron chi connectivity index (χ1n) is 5.87. The number of aromatic nitrogens is 3. The minimum absolute atomic E-state index is 0.0643. The van der Waals surface area contributed by atoms with Crippen LogP contribution in [0.4, 0.5) is 4.39 Å². The second kappa shape index (κ2) is 4.79. The first-order chi connectivity index (χ1) is 8.91. The number of benzene rings is 1. The number of aryl methyl sites for hydroxylation is 1. The molecule has 0 radical (unpaired) electrons. The van der Waals surface area contributed by atoms with Crippen LogP contribution in [0.3, 0.4) is 0 Å². The third-order valence-corrected chi connectivity index (χ3v) is 2.84. The number of nitrogens with zero attached hydrogens (tertiary/aromatic N) is 3. The van der Waals surface area contributed by atoms with Crippen molar-refractivity contribution in [2.24, 2.45) is 0 Å². The summed E-state index contributed by atoms with van der Waals surface area (Å²) in [6, 6.07) is 4.26. The van der Waals surface area contributed by atoms with Crippen LogP contribution >= 0.6 is 0 Å². The predicted molar refractivity (Wildman–Crippen MR) is 67.1 cm³/mol. The number of rotatable bonds is 3. The van der Waals surface area contributed by atoms with E-state index in [1.165, 1.54) is 16.8 Å². The van der Waals surface area contributed by atoms with Crippen LogP contribution in [0, 0.1) is 12.7 Å². The van der Waals surface area contributed by atoms with Crippen molar-refractivity contribution in [2.45, 2.75) is 26.7 Å². The van der Waals surface area contributed by atoms with E-state index in [-0.39, 0.29) is 17.4 Å². The Balaban J connectivity index is 2.65. The molecule has 0 unspecified atom stereocenters. The molecule has 19 heavy (non-hydrogen) atoms. The van der Waals surface area contributed by atoms with Gasteiger partial charge in [-0.15, -0.1) is 5.10 Å². The van der Waals surface area contributed by atoms with Crippen LogP contribution in [0.2, 0.25) is 0 Å². The Kier molecular flexibility index (Phi) is 3.33. The molecule has 0 fully saturated rings. The van der Waals surface area contributed by atoms with Crippen LogP contribution in [-0.4, -0.2) is 26.1 Å². The maximum atomic E-state index is 13.1. The molecule has 5 nitrogen and oxygen atoms in total. The van der Waals surface area contributed by atoms with E-state index in [9.17, 15) is 9.18 Å². The van der Waals surface area contributed by atoms with Gasteiger partial charge in [-0.05, 0) is 36.6 Å². The average Bonchev–Trinajstić information content (AvgIpc) is 2.73. The Labute approximate surface area is 109 Å². The minimum atomic E-state index is -1.12. The number of carbonyl (C=O) groups is 1. The molecule has 0 aliphatic carbocycles. The third-order valence-electron chi connectivity index (χ3n) is 2.84. The Morgan fingerprint density at radius 1 is 1.42 bits per heavy atom. The lowest BCUT2D eigenvalue weighted by molar-refractivity contribution is 0.0688.